The standard InChI is InChI=1S/C12H14N6O/c1-7(2)3-8-4-9(19)18(17-8)12-10-11(14-5-13-10)15-6-16-12/h4-7,17H,3H2,1-2H3,(H,13,14,15,16). The topological polar surface area (TPSA) is 92.2 Å². The van der Waals surface area contributed by atoms with E-state index in [4.69, 9.17) is 0 Å². The summed E-state index contributed by atoms with van der Waals surface area (Å²) in [5.74, 6) is 0.964. The Labute approximate surface area is 108 Å². The second-order valence-corrected chi connectivity index (χ2v) is 4.85. The van der Waals surface area contributed by atoms with E-state index in [1.165, 1.54) is 17.3 Å². The van der Waals surface area contributed by atoms with Gasteiger partial charge in [0.05, 0.1) is 6.33 Å². The largest absolute Gasteiger partial charge is 0.340 e. The van der Waals surface area contributed by atoms with Crippen molar-refractivity contribution in [2.75, 3.05) is 0 Å². The molecule has 0 aliphatic carbocycles. The van der Waals surface area contributed by atoms with Crippen LogP contribution in [0.25, 0.3) is 17.0 Å². The molecule has 7 nitrogen and oxygen atoms in total. The van der Waals surface area contributed by atoms with E-state index >= 15 is 0 Å². The highest BCUT2D eigenvalue weighted by atomic mass is 16.1. The summed E-state index contributed by atoms with van der Waals surface area (Å²) in [6, 6.07) is 1.60. The second kappa shape index (κ2) is 4.34. The number of nitrogens with zero attached hydrogens (tertiary/aromatic N) is 4. The third-order valence-corrected chi connectivity index (χ3v) is 2.82. The fourth-order valence-corrected chi connectivity index (χ4v) is 2.07. The van der Waals surface area contributed by atoms with Crippen molar-refractivity contribution >= 4 is 11.2 Å². The quantitative estimate of drug-likeness (QED) is 0.734. The van der Waals surface area contributed by atoms with Crippen molar-refractivity contribution < 1.29 is 0 Å². The highest BCUT2D eigenvalue weighted by molar-refractivity contribution is 5.77. The molecule has 0 aliphatic heterocycles. The van der Waals surface area contributed by atoms with Crippen molar-refractivity contribution in [3.63, 3.8) is 0 Å². The Morgan fingerprint density at radius 2 is 2.16 bits per heavy atom. The molecule has 0 atom stereocenters. The molecule has 0 amide bonds. The number of aromatic nitrogens is 6. The van der Waals surface area contributed by atoms with Crippen LogP contribution < -0.4 is 5.56 Å². The molecule has 0 saturated carbocycles. The maximum Gasteiger partial charge on any atom is 0.272 e. The molecule has 3 rings (SSSR count). The zero-order valence-electron chi connectivity index (χ0n) is 10.7. The monoisotopic (exact) mass is 258 g/mol. The lowest BCUT2D eigenvalue weighted by molar-refractivity contribution is 0.627. The highest BCUT2D eigenvalue weighted by Crippen LogP contribution is 2.12. The van der Waals surface area contributed by atoms with Crippen LogP contribution in [0.2, 0.25) is 0 Å². The summed E-state index contributed by atoms with van der Waals surface area (Å²) < 4.78 is 1.42. The molecular formula is C12H14N6O. The fourth-order valence-electron chi connectivity index (χ4n) is 2.07. The van der Waals surface area contributed by atoms with Gasteiger partial charge < -0.3 is 4.98 Å². The molecule has 0 aromatic carbocycles. The molecule has 98 valence electrons. The molecule has 7 heteroatoms. The van der Waals surface area contributed by atoms with Crippen molar-refractivity contribution in [3.8, 4) is 5.82 Å². The maximum absolute atomic E-state index is 12.0. The van der Waals surface area contributed by atoms with Crippen molar-refractivity contribution in [2.45, 2.75) is 20.3 Å². The van der Waals surface area contributed by atoms with Gasteiger partial charge in [0, 0.05) is 11.8 Å². The number of rotatable bonds is 3. The lowest BCUT2D eigenvalue weighted by Gasteiger charge is -2.03. The molecule has 0 unspecified atom stereocenters. The molecule has 19 heavy (non-hydrogen) atoms. The van der Waals surface area contributed by atoms with E-state index in [1.807, 2.05) is 0 Å². The predicted molar refractivity (Wildman–Crippen MR) is 70.2 cm³/mol. The number of hydrogen-bond donors (Lipinski definition) is 2. The van der Waals surface area contributed by atoms with Crippen molar-refractivity contribution in [1.29, 1.82) is 0 Å². The van der Waals surface area contributed by atoms with E-state index in [0.717, 1.165) is 12.1 Å². The highest BCUT2D eigenvalue weighted by Gasteiger charge is 2.12. The normalized spacial score (nSPS) is 11.5. The third kappa shape index (κ3) is 2.03. The minimum absolute atomic E-state index is 0.134. The number of aromatic amines is 2. The van der Waals surface area contributed by atoms with Crippen LogP contribution >= 0.6 is 0 Å². The maximum atomic E-state index is 12.0. The van der Waals surface area contributed by atoms with Crippen LogP contribution in [-0.4, -0.2) is 29.7 Å². The number of imidazole rings is 1. The fraction of sp³-hybridized carbons (Fsp3) is 0.333. The Morgan fingerprint density at radius 1 is 1.32 bits per heavy atom. The summed E-state index contributed by atoms with van der Waals surface area (Å²) >= 11 is 0. The molecular weight excluding hydrogens is 244 g/mol. The van der Waals surface area contributed by atoms with Crippen LogP contribution in [0.3, 0.4) is 0 Å². The lowest BCUT2D eigenvalue weighted by atomic mass is 10.1. The first-order valence-corrected chi connectivity index (χ1v) is 6.10. The van der Waals surface area contributed by atoms with Crippen LogP contribution in [0.5, 0.6) is 0 Å². The van der Waals surface area contributed by atoms with Crippen LogP contribution in [-0.2, 0) is 6.42 Å². The number of fused-ring (bicyclic) bond motifs is 1. The van der Waals surface area contributed by atoms with Crippen molar-refractivity contribution in [3.05, 3.63) is 34.8 Å². The van der Waals surface area contributed by atoms with Crippen LogP contribution in [0.1, 0.15) is 19.5 Å². The summed E-state index contributed by atoms with van der Waals surface area (Å²) in [7, 11) is 0. The molecule has 0 bridgehead atoms. The van der Waals surface area contributed by atoms with Crippen LogP contribution in [0.4, 0.5) is 0 Å². The number of nitrogens with one attached hydrogen (secondary N) is 2. The van der Waals surface area contributed by atoms with Crippen LogP contribution in [0.15, 0.2) is 23.5 Å². The molecule has 2 N–H and O–H groups in total. The first kappa shape index (κ1) is 11.6. The summed E-state index contributed by atoms with van der Waals surface area (Å²) in [6.45, 7) is 4.21. The van der Waals surface area contributed by atoms with Gasteiger partial charge in [0.15, 0.2) is 11.5 Å². The molecule has 0 aliphatic rings. The Kier molecular flexibility index (Phi) is 2.66. The number of hydrogen-bond acceptors (Lipinski definition) is 4. The zero-order valence-corrected chi connectivity index (χ0v) is 10.7. The first-order chi connectivity index (χ1) is 9.15. The van der Waals surface area contributed by atoms with Gasteiger partial charge in [-0.2, -0.15) is 4.68 Å². The van der Waals surface area contributed by atoms with Crippen molar-refractivity contribution in [1.82, 2.24) is 29.7 Å². The van der Waals surface area contributed by atoms with Gasteiger partial charge in [-0.25, -0.2) is 15.0 Å². The van der Waals surface area contributed by atoms with E-state index < -0.39 is 0 Å². The van der Waals surface area contributed by atoms with E-state index in [9.17, 15) is 4.79 Å². The van der Waals surface area contributed by atoms with E-state index in [0.29, 0.717) is 22.9 Å². The molecule has 3 aromatic heterocycles. The predicted octanol–water partition coefficient (Wildman–Crippen LogP) is 1.03. The minimum atomic E-state index is -0.134. The van der Waals surface area contributed by atoms with E-state index in [-0.39, 0.29) is 5.56 Å². The molecule has 0 saturated heterocycles. The SMILES string of the molecule is CC(C)Cc1cc(=O)n(-c2ncnc3nc[nH]c23)[nH]1. The van der Waals surface area contributed by atoms with E-state index in [2.05, 4.69) is 38.9 Å². The van der Waals surface area contributed by atoms with Gasteiger partial charge >= 0.3 is 0 Å². The average molecular weight is 258 g/mol. The molecule has 3 aromatic rings. The van der Waals surface area contributed by atoms with Crippen molar-refractivity contribution in [2.24, 2.45) is 5.92 Å². The third-order valence-electron chi connectivity index (χ3n) is 2.82. The summed E-state index contributed by atoms with van der Waals surface area (Å²) in [5, 5.41) is 3.08. The second-order valence-electron chi connectivity index (χ2n) is 4.85. The minimum Gasteiger partial charge on any atom is -0.340 e. The summed E-state index contributed by atoms with van der Waals surface area (Å²) in [5.41, 5.74) is 1.94. The van der Waals surface area contributed by atoms with Gasteiger partial charge in [-0.15, -0.1) is 0 Å². The van der Waals surface area contributed by atoms with Gasteiger partial charge in [-0.3, -0.25) is 9.89 Å². The zero-order chi connectivity index (χ0) is 13.4. The van der Waals surface area contributed by atoms with Gasteiger partial charge in [-0.1, -0.05) is 13.8 Å². The smallest absolute Gasteiger partial charge is 0.272 e. The van der Waals surface area contributed by atoms with Gasteiger partial charge in [-0.05, 0) is 12.3 Å². The Bertz CT molecular complexity index is 766. The van der Waals surface area contributed by atoms with E-state index in [1.54, 1.807) is 6.07 Å². The average Bonchev–Trinajstić information content (AvgIpc) is 2.94. The van der Waals surface area contributed by atoms with Gasteiger partial charge in [0.2, 0.25) is 0 Å². The number of H-pyrrole nitrogens is 2. The Balaban J connectivity index is 2.14. The molecule has 0 spiro atoms. The summed E-state index contributed by atoms with van der Waals surface area (Å²) in [6.07, 6.45) is 3.75. The van der Waals surface area contributed by atoms with Crippen LogP contribution in [0, 0.1) is 5.92 Å². The molecule has 0 fully saturated rings. The first-order valence-electron chi connectivity index (χ1n) is 6.10. The Hall–Kier alpha value is -2.44. The molecule has 0 radical (unpaired) electrons. The van der Waals surface area contributed by atoms with Gasteiger partial charge in [0.1, 0.15) is 11.8 Å². The summed E-state index contributed by atoms with van der Waals surface area (Å²) in [4.78, 5) is 27.2. The Morgan fingerprint density at radius 3 is 2.95 bits per heavy atom. The molecule has 3 heterocycles. The lowest BCUT2D eigenvalue weighted by Crippen LogP contribution is -2.15. The van der Waals surface area contributed by atoms with Gasteiger partial charge in [0.25, 0.3) is 5.56 Å².